The molecule has 0 unspecified atom stereocenters. The number of nitrogens with zero attached hydrogens (tertiary/aromatic N) is 3. The first-order chi connectivity index (χ1) is 12.8. The molecule has 0 spiro atoms. The quantitative estimate of drug-likeness (QED) is 0.457. The van der Waals surface area contributed by atoms with Crippen molar-refractivity contribution in [1.82, 2.24) is 3.96 Å². The van der Waals surface area contributed by atoms with Crippen molar-refractivity contribution in [3.8, 4) is 5.75 Å². The summed E-state index contributed by atoms with van der Waals surface area (Å²) in [5, 5.41) is 11.8. The third-order valence-corrected chi connectivity index (χ3v) is 5.43. The lowest BCUT2D eigenvalue weighted by Gasteiger charge is -2.19. The largest absolute Gasteiger partial charge is 0.496 e. The van der Waals surface area contributed by atoms with Crippen LogP contribution in [0.2, 0.25) is 0 Å². The molecule has 0 fully saturated rings. The highest BCUT2D eigenvalue weighted by Crippen LogP contribution is 2.21. The first-order valence-corrected chi connectivity index (χ1v) is 9.74. The average molecular weight is 390 g/mol. The molecule has 1 aromatic heterocycles. The van der Waals surface area contributed by atoms with Gasteiger partial charge in [-0.1, -0.05) is 18.5 Å². The molecule has 0 aliphatic heterocycles. The van der Waals surface area contributed by atoms with Gasteiger partial charge in [-0.2, -0.15) is 4.99 Å². The maximum absolute atomic E-state index is 12.9. The van der Waals surface area contributed by atoms with Crippen LogP contribution in [0, 0.1) is 0 Å². The molecule has 2 aromatic rings. The van der Waals surface area contributed by atoms with Gasteiger partial charge in [0.15, 0.2) is 0 Å². The molecule has 146 valence electrons. The molecule has 7 heteroatoms. The molecule has 2 rings (SSSR count). The summed E-state index contributed by atoms with van der Waals surface area (Å²) in [6, 6.07) is 4.99. The highest BCUT2D eigenvalue weighted by atomic mass is 32.1. The van der Waals surface area contributed by atoms with Gasteiger partial charge in [-0.25, -0.2) is 0 Å². The third kappa shape index (κ3) is 5.29. The Bertz CT molecular complexity index is 889. The second-order valence-electron chi connectivity index (χ2n) is 7.27. The number of rotatable bonds is 6. The Morgan fingerprint density at radius 2 is 2.11 bits per heavy atom. The number of carbonyl (C=O) groups is 1. The van der Waals surface area contributed by atoms with Crippen molar-refractivity contribution in [3.05, 3.63) is 45.8 Å². The predicted octanol–water partition coefficient (Wildman–Crippen LogP) is 4.21. The number of benzene rings is 1. The molecule has 0 radical (unpaired) electrons. The summed E-state index contributed by atoms with van der Waals surface area (Å²) in [4.78, 5) is 17.3. The van der Waals surface area contributed by atoms with Crippen LogP contribution in [-0.4, -0.2) is 28.4 Å². The average Bonchev–Trinajstić information content (AvgIpc) is 3.03. The topological polar surface area (TPSA) is 76.2 Å². The molecule has 1 amide bonds. The highest BCUT2D eigenvalue weighted by molar-refractivity contribution is 7.04. The van der Waals surface area contributed by atoms with Gasteiger partial charge >= 0.3 is 0 Å². The van der Waals surface area contributed by atoms with Gasteiger partial charge in [-0.05, 0) is 68.9 Å². The lowest BCUT2D eigenvalue weighted by Crippen LogP contribution is -2.18. The molecule has 1 aromatic carbocycles. The molecule has 6 nitrogen and oxygen atoms in total. The summed E-state index contributed by atoms with van der Waals surface area (Å²) in [6.07, 6.45) is 6.37. The number of carbonyl (C=O) groups excluding carboxylic acids is 1. The lowest BCUT2D eigenvalue weighted by atomic mass is 10.1. The van der Waals surface area contributed by atoms with Gasteiger partial charge in [0.2, 0.25) is 0 Å². The normalized spacial score (nSPS) is 12.7. The maximum atomic E-state index is 12.9. The molecule has 0 saturated carbocycles. The van der Waals surface area contributed by atoms with E-state index in [2.05, 4.69) is 48.0 Å². The van der Waals surface area contributed by atoms with Crippen LogP contribution in [0.15, 0.2) is 34.5 Å². The predicted molar refractivity (Wildman–Crippen MR) is 108 cm³/mol. The SMILES string of the molecule is CCCCc1cn(C(C)(C)C)s/c1=N\C(=O)c1cc(/C=N/O)ccc1OC. The van der Waals surface area contributed by atoms with Crippen LogP contribution in [0.4, 0.5) is 0 Å². The molecular formula is C20H27N3O3S. The smallest absolute Gasteiger partial charge is 0.282 e. The molecule has 0 saturated heterocycles. The Morgan fingerprint density at radius 1 is 1.37 bits per heavy atom. The van der Waals surface area contributed by atoms with Gasteiger partial charge in [0.1, 0.15) is 10.4 Å². The van der Waals surface area contributed by atoms with Crippen molar-refractivity contribution in [2.75, 3.05) is 7.11 Å². The minimum Gasteiger partial charge on any atom is -0.496 e. The first-order valence-electron chi connectivity index (χ1n) is 8.97. The van der Waals surface area contributed by atoms with E-state index in [-0.39, 0.29) is 11.4 Å². The van der Waals surface area contributed by atoms with Gasteiger partial charge in [0.25, 0.3) is 5.91 Å². The van der Waals surface area contributed by atoms with Gasteiger partial charge < -0.3 is 9.94 Å². The zero-order valence-corrected chi connectivity index (χ0v) is 17.3. The maximum Gasteiger partial charge on any atom is 0.282 e. The highest BCUT2D eigenvalue weighted by Gasteiger charge is 2.17. The minimum absolute atomic E-state index is 0.0718. The zero-order valence-electron chi connectivity index (χ0n) is 16.5. The number of amides is 1. The van der Waals surface area contributed by atoms with Crippen LogP contribution in [0.1, 0.15) is 62.0 Å². The second kappa shape index (κ2) is 8.99. The monoisotopic (exact) mass is 389 g/mol. The summed E-state index contributed by atoms with van der Waals surface area (Å²) in [6.45, 7) is 8.52. The Kier molecular flexibility index (Phi) is 6.96. The van der Waals surface area contributed by atoms with E-state index >= 15 is 0 Å². The fourth-order valence-electron chi connectivity index (χ4n) is 2.53. The van der Waals surface area contributed by atoms with Gasteiger partial charge in [0, 0.05) is 17.3 Å². The minimum atomic E-state index is -0.374. The number of unbranched alkanes of at least 4 members (excludes halogenated alkanes) is 1. The molecule has 0 atom stereocenters. The number of aryl methyl sites for hydroxylation is 1. The lowest BCUT2D eigenvalue weighted by molar-refractivity contribution is 0.0996. The molecule has 1 heterocycles. The molecular weight excluding hydrogens is 362 g/mol. The first kappa shape index (κ1) is 20.9. The van der Waals surface area contributed by atoms with Crippen molar-refractivity contribution < 1.29 is 14.7 Å². The number of methoxy groups -OCH3 is 1. The number of aromatic nitrogens is 1. The van der Waals surface area contributed by atoms with E-state index < -0.39 is 0 Å². The van der Waals surface area contributed by atoms with Crippen molar-refractivity contribution in [3.63, 3.8) is 0 Å². The number of hydrogen-bond donors (Lipinski definition) is 1. The van der Waals surface area contributed by atoms with E-state index in [1.54, 1.807) is 18.2 Å². The van der Waals surface area contributed by atoms with E-state index in [9.17, 15) is 4.79 Å². The van der Waals surface area contributed by atoms with Crippen LogP contribution in [0.3, 0.4) is 0 Å². The van der Waals surface area contributed by atoms with E-state index in [4.69, 9.17) is 9.94 Å². The molecule has 0 aliphatic carbocycles. The van der Waals surface area contributed by atoms with E-state index in [0.717, 1.165) is 29.5 Å². The van der Waals surface area contributed by atoms with Crippen molar-refractivity contribution in [2.24, 2.45) is 10.1 Å². The fourth-order valence-corrected chi connectivity index (χ4v) is 3.56. The Morgan fingerprint density at radius 3 is 2.70 bits per heavy atom. The fraction of sp³-hybridized carbons (Fsp3) is 0.450. The molecule has 27 heavy (non-hydrogen) atoms. The Balaban J connectivity index is 2.52. The zero-order chi connectivity index (χ0) is 20.0. The summed E-state index contributed by atoms with van der Waals surface area (Å²) < 4.78 is 8.17. The number of oxime groups is 1. The second-order valence-corrected chi connectivity index (χ2v) is 8.23. The Labute approximate surface area is 164 Å². The van der Waals surface area contributed by atoms with Crippen LogP contribution in [-0.2, 0) is 12.0 Å². The van der Waals surface area contributed by atoms with Crippen molar-refractivity contribution >= 4 is 23.7 Å². The van der Waals surface area contributed by atoms with Gasteiger partial charge in [-0.15, -0.1) is 0 Å². The number of ether oxygens (including phenoxy) is 1. The van der Waals surface area contributed by atoms with Crippen LogP contribution < -0.4 is 9.41 Å². The summed E-state index contributed by atoms with van der Waals surface area (Å²) >= 11 is 1.49. The summed E-state index contributed by atoms with van der Waals surface area (Å²) in [5.74, 6) is 0.0647. The van der Waals surface area contributed by atoms with E-state index in [0.29, 0.717) is 16.9 Å². The van der Waals surface area contributed by atoms with E-state index in [1.165, 1.54) is 24.9 Å². The van der Waals surface area contributed by atoms with Crippen molar-refractivity contribution in [1.29, 1.82) is 0 Å². The van der Waals surface area contributed by atoms with E-state index in [1.807, 2.05) is 0 Å². The molecule has 1 N–H and O–H groups in total. The van der Waals surface area contributed by atoms with Gasteiger partial charge in [-0.3, -0.25) is 8.75 Å². The standard InChI is InChI=1S/C20H27N3O3S/c1-6-7-8-15-13-23(20(2,3)4)27-19(15)22-18(24)16-11-14(12-21-25)9-10-17(16)26-5/h9-13,25H,6-8H2,1-5H3/b21-12+,22-19-. The van der Waals surface area contributed by atoms with Crippen LogP contribution >= 0.6 is 11.5 Å². The third-order valence-electron chi connectivity index (χ3n) is 4.06. The van der Waals surface area contributed by atoms with Crippen LogP contribution in [0.25, 0.3) is 0 Å². The van der Waals surface area contributed by atoms with Crippen molar-refractivity contribution in [2.45, 2.75) is 52.5 Å². The molecule has 0 bridgehead atoms. The summed E-state index contributed by atoms with van der Waals surface area (Å²) in [5.41, 5.74) is 1.95. The van der Waals surface area contributed by atoms with Crippen LogP contribution in [0.5, 0.6) is 5.75 Å². The summed E-state index contributed by atoms with van der Waals surface area (Å²) in [7, 11) is 1.51. The number of hydrogen-bond acceptors (Lipinski definition) is 5. The molecule has 0 aliphatic rings. The Hall–Kier alpha value is -2.41. The van der Waals surface area contributed by atoms with Gasteiger partial charge in [0.05, 0.1) is 18.9 Å².